The number of halogens is 1. The molecule has 5 nitrogen and oxygen atoms in total. The molecule has 0 fully saturated rings. The molecule has 0 radical (unpaired) electrons. The third kappa shape index (κ3) is 7.74. The molecule has 0 bridgehead atoms. The average molecular weight is 417 g/mol. The van der Waals surface area contributed by atoms with Crippen molar-refractivity contribution in [2.24, 2.45) is 0 Å². The van der Waals surface area contributed by atoms with Crippen LogP contribution in [-0.4, -0.2) is 34.9 Å². The second-order valence-corrected chi connectivity index (χ2v) is 7.60. The zero-order valence-corrected chi connectivity index (χ0v) is 15.4. The first-order chi connectivity index (χ1) is 10.4. The number of anilines is 1. The zero-order valence-electron chi connectivity index (χ0n) is 13.3. The number of carbonyl (C=O) groups excluding carboxylic acids is 2. The Bertz CT molecular complexity index is 487. The van der Waals surface area contributed by atoms with E-state index in [1.54, 1.807) is 24.3 Å². The molecular formula is C16H24IN3O2. The molecule has 122 valence electrons. The summed E-state index contributed by atoms with van der Waals surface area (Å²) in [5.74, 6) is -0.122. The van der Waals surface area contributed by atoms with E-state index in [1.807, 2.05) is 6.92 Å². The number of hydrogen-bond acceptors (Lipinski definition) is 3. The fourth-order valence-corrected chi connectivity index (χ4v) is 2.21. The van der Waals surface area contributed by atoms with Crippen LogP contribution in [0, 0.1) is 0 Å². The molecule has 0 aliphatic rings. The van der Waals surface area contributed by atoms with Gasteiger partial charge in [0.05, 0.1) is 0 Å². The minimum atomic E-state index is -0.107. The lowest BCUT2D eigenvalue weighted by Crippen LogP contribution is -2.34. The van der Waals surface area contributed by atoms with Crippen molar-refractivity contribution in [2.45, 2.75) is 37.2 Å². The Balaban J connectivity index is 2.43. The number of amides is 2. The van der Waals surface area contributed by atoms with Crippen molar-refractivity contribution in [1.29, 1.82) is 0 Å². The second-order valence-electron chi connectivity index (χ2n) is 5.48. The Labute approximate surface area is 145 Å². The number of nitrogens with one attached hydrogen (secondary N) is 3. The van der Waals surface area contributed by atoms with Crippen molar-refractivity contribution in [3.8, 4) is 0 Å². The van der Waals surface area contributed by atoms with Gasteiger partial charge in [0.15, 0.2) is 0 Å². The first kappa shape index (κ1) is 18.9. The van der Waals surface area contributed by atoms with Crippen LogP contribution in [0.25, 0.3) is 0 Å². The first-order valence-corrected chi connectivity index (χ1v) is 8.68. The van der Waals surface area contributed by atoms with E-state index in [0.29, 0.717) is 34.2 Å². The molecule has 1 unspecified atom stereocenters. The fourth-order valence-electron chi connectivity index (χ4n) is 1.81. The van der Waals surface area contributed by atoms with Crippen molar-refractivity contribution in [3.63, 3.8) is 0 Å². The molecule has 0 aromatic heterocycles. The highest BCUT2D eigenvalue weighted by Crippen LogP contribution is 2.11. The topological polar surface area (TPSA) is 70.2 Å². The molecule has 6 heteroatoms. The summed E-state index contributed by atoms with van der Waals surface area (Å²) in [4.78, 5) is 23.6. The quantitative estimate of drug-likeness (QED) is 0.346. The monoisotopic (exact) mass is 417 g/mol. The molecular weight excluding hydrogens is 393 g/mol. The van der Waals surface area contributed by atoms with E-state index in [9.17, 15) is 9.59 Å². The SMILES string of the molecule is CC(I)CC(=O)Nc1ccc(C(=O)NCCNC(C)C)cc1. The maximum atomic E-state index is 11.9. The summed E-state index contributed by atoms with van der Waals surface area (Å²) in [5.41, 5.74) is 1.30. The first-order valence-electron chi connectivity index (χ1n) is 7.44. The van der Waals surface area contributed by atoms with Crippen LogP contribution >= 0.6 is 22.6 Å². The summed E-state index contributed by atoms with van der Waals surface area (Å²) >= 11 is 2.22. The molecule has 0 spiro atoms. The molecule has 2 amide bonds. The lowest BCUT2D eigenvalue weighted by molar-refractivity contribution is -0.116. The van der Waals surface area contributed by atoms with Crippen LogP contribution in [0.1, 0.15) is 37.6 Å². The summed E-state index contributed by atoms with van der Waals surface area (Å²) in [7, 11) is 0. The van der Waals surface area contributed by atoms with Gasteiger partial charge in [0.1, 0.15) is 0 Å². The molecule has 3 N–H and O–H groups in total. The number of rotatable bonds is 8. The van der Waals surface area contributed by atoms with Crippen molar-refractivity contribution >= 4 is 40.1 Å². The van der Waals surface area contributed by atoms with Gasteiger partial charge in [-0.3, -0.25) is 9.59 Å². The van der Waals surface area contributed by atoms with Gasteiger partial charge in [-0.25, -0.2) is 0 Å². The van der Waals surface area contributed by atoms with Crippen LogP contribution < -0.4 is 16.0 Å². The van der Waals surface area contributed by atoms with Crippen LogP contribution in [0.4, 0.5) is 5.69 Å². The number of hydrogen-bond donors (Lipinski definition) is 3. The highest BCUT2D eigenvalue weighted by Gasteiger charge is 2.08. The van der Waals surface area contributed by atoms with E-state index in [4.69, 9.17) is 0 Å². The van der Waals surface area contributed by atoms with Crippen molar-refractivity contribution < 1.29 is 9.59 Å². The fraction of sp³-hybridized carbons (Fsp3) is 0.500. The largest absolute Gasteiger partial charge is 0.351 e. The highest BCUT2D eigenvalue weighted by atomic mass is 127. The third-order valence-electron chi connectivity index (χ3n) is 2.86. The van der Waals surface area contributed by atoms with Crippen molar-refractivity contribution in [2.75, 3.05) is 18.4 Å². The Morgan fingerprint density at radius 1 is 1.09 bits per heavy atom. The average Bonchev–Trinajstić information content (AvgIpc) is 2.43. The lowest BCUT2D eigenvalue weighted by atomic mass is 10.2. The molecule has 0 saturated heterocycles. The Kier molecular flexibility index (Phi) is 8.40. The lowest BCUT2D eigenvalue weighted by Gasteiger charge is -2.10. The van der Waals surface area contributed by atoms with E-state index >= 15 is 0 Å². The standard InChI is InChI=1S/C16H24IN3O2/c1-11(2)18-8-9-19-16(22)13-4-6-14(7-5-13)20-15(21)10-12(3)17/h4-7,11-12,18H,8-10H2,1-3H3,(H,19,22)(H,20,21). The summed E-state index contributed by atoms with van der Waals surface area (Å²) in [6, 6.07) is 7.33. The molecule has 1 aromatic rings. The molecule has 22 heavy (non-hydrogen) atoms. The van der Waals surface area contributed by atoms with Crippen LogP contribution in [0.2, 0.25) is 0 Å². The number of carbonyl (C=O) groups is 2. The molecule has 1 aromatic carbocycles. The molecule has 0 aliphatic heterocycles. The van der Waals surface area contributed by atoms with Gasteiger partial charge < -0.3 is 16.0 Å². The maximum Gasteiger partial charge on any atom is 0.251 e. The molecule has 0 aliphatic carbocycles. The minimum absolute atomic E-state index is 0.0149. The van der Waals surface area contributed by atoms with Gasteiger partial charge in [-0.1, -0.05) is 43.4 Å². The molecule has 0 heterocycles. The van der Waals surface area contributed by atoms with E-state index in [0.717, 1.165) is 6.54 Å². The van der Waals surface area contributed by atoms with Gasteiger partial charge in [0.2, 0.25) is 5.91 Å². The predicted molar refractivity (Wildman–Crippen MR) is 98.6 cm³/mol. The van der Waals surface area contributed by atoms with Crippen molar-refractivity contribution in [3.05, 3.63) is 29.8 Å². The predicted octanol–water partition coefficient (Wildman–Crippen LogP) is 2.57. The van der Waals surface area contributed by atoms with Gasteiger partial charge in [-0.2, -0.15) is 0 Å². The molecule has 1 atom stereocenters. The minimum Gasteiger partial charge on any atom is -0.351 e. The van der Waals surface area contributed by atoms with Crippen molar-refractivity contribution in [1.82, 2.24) is 10.6 Å². The van der Waals surface area contributed by atoms with Gasteiger partial charge in [-0.05, 0) is 24.3 Å². The van der Waals surface area contributed by atoms with E-state index in [-0.39, 0.29) is 11.8 Å². The van der Waals surface area contributed by atoms with Crippen LogP contribution in [-0.2, 0) is 4.79 Å². The van der Waals surface area contributed by atoms with Crippen LogP contribution in [0.3, 0.4) is 0 Å². The Hall–Kier alpha value is -1.15. The van der Waals surface area contributed by atoms with Gasteiger partial charge in [0.25, 0.3) is 5.91 Å². The molecule has 1 rings (SSSR count). The van der Waals surface area contributed by atoms with Crippen LogP contribution in [0.5, 0.6) is 0 Å². The highest BCUT2D eigenvalue weighted by molar-refractivity contribution is 14.1. The second kappa shape index (κ2) is 9.78. The van der Waals surface area contributed by atoms with Gasteiger partial charge in [-0.15, -0.1) is 0 Å². The maximum absolute atomic E-state index is 11.9. The summed E-state index contributed by atoms with van der Waals surface area (Å²) in [6.07, 6.45) is 0.478. The van der Waals surface area contributed by atoms with Crippen LogP contribution in [0.15, 0.2) is 24.3 Å². The summed E-state index contributed by atoms with van der Waals surface area (Å²) in [5, 5.41) is 8.91. The Morgan fingerprint density at radius 2 is 1.73 bits per heavy atom. The van der Waals surface area contributed by atoms with Gasteiger partial charge in [0, 0.05) is 40.7 Å². The third-order valence-corrected chi connectivity index (χ3v) is 3.30. The molecule has 0 saturated carbocycles. The van der Waals surface area contributed by atoms with Gasteiger partial charge >= 0.3 is 0 Å². The smallest absolute Gasteiger partial charge is 0.251 e. The van der Waals surface area contributed by atoms with E-state index in [2.05, 4.69) is 52.4 Å². The normalized spacial score (nSPS) is 12.0. The summed E-state index contributed by atoms with van der Waals surface area (Å²) in [6.45, 7) is 7.44. The van der Waals surface area contributed by atoms with E-state index in [1.165, 1.54) is 0 Å². The number of alkyl halides is 1. The van der Waals surface area contributed by atoms with E-state index < -0.39 is 0 Å². The summed E-state index contributed by atoms with van der Waals surface area (Å²) < 4.78 is 0.294. The number of benzene rings is 1. The Morgan fingerprint density at radius 3 is 2.27 bits per heavy atom. The zero-order chi connectivity index (χ0) is 16.5.